The van der Waals surface area contributed by atoms with Gasteiger partial charge in [0.05, 0.1) is 0 Å². The Hall–Kier alpha value is 0.0900. The number of rotatable bonds is 15. The fraction of sp³-hybridized carbons (Fsp3) is 0.714. The highest BCUT2D eigenvalue weighted by Crippen LogP contribution is 2.20. The van der Waals surface area contributed by atoms with Crippen molar-refractivity contribution in [2.75, 3.05) is 17.6 Å². The molecule has 0 amide bonds. The smallest absolute Gasteiger partial charge is 0.0223 e. The summed E-state index contributed by atoms with van der Waals surface area (Å²) in [7, 11) is 0. The van der Waals surface area contributed by atoms with E-state index >= 15 is 0 Å². The number of unbranched alkanes of at least 4 members (excludes halogenated alkanes) is 6. The first-order valence-electron chi connectivity index (χ1n) is 9.60. The number of aryl methyl sites for hydroxylation is 3. The van der Waals surface area contributed by atoms with E-state index in [-0.39, 0.29) is 0 Å². The minimum atomic E-state index is 0.784. The summed E-state index contributed by atoms with van der Waals surface area (Å²) in [6, 6.07) is 7.16. The molecule has 1 aromatic carbocycles. The van der Waals surface area contributed by atoms with Gasteiger partial charge in [0.15, 0.2) is 0 Å². The number of hydrogen-bond acceptors (Lipinski definition) is 0. The van der Waals surface area contributed by atoms with E-state index in [9.17, 15) is 0 Å². The van der Waals surface area contributed by atoms with E-state index in [2.05, 4.69) is 18.2 Å². The summed E-state index contributed by atoms with van der Waals surface area (Å²) in [6.07, 6.45) is 14.4. The molecule has 0 saturated carbocycles. The number of halogens is 3. The van der Waals surface area contributed by atoms with E-state index < -0.39 is 0 Å². The van der Waals surface area contributed by atoms with E-state index in [0.717, 1.165) is 36.9 Å². The average Bonchev–Trinajstić information content (AvgIpc) is 2.60. The SMILES string of the molecule is ClCCCCCc1ccc(CCCCCCl)c(CCCCCCl)c1. The third kappa shape index (κ3) is 10.2. The van der Waals surface area contributed by atoms with E-state index in [0.29, 0.717) is 0 Å². The Bertz CT molecular complexity index is 418. The van der Waals surface area contributed by atoms with Crippen molar-refractivity contribution in [3.05, 3.63) is 34.9 Å². The van der Waals surface area contributed by atoms with E-state index in [4.69, 9.17) is 34.8 Å². The highest BCUT2D eigenvalue weighted by molar-refractivity contribution is 6.18. The van der Waals surface area contributed by atoms with Crippen molar-refractivity contribution in [2.45, 2.75) is 77.0 Å². The average molecular weight is 392 g/mol. The Morgan fingerprint density at radius 2 is 1.00 bits per heavy atom. The number of alkyl halides is 3. The largest absolute Gasteiger partial charge is 0.127 e. The molecule has 0 aromatic heterocycles. The second kappa shape index (κ2) is 15.4. The molecule has 0 spiro atoms. The Kier molecular flexibility index (Phi) is 14.2. The zero-order chi connectivity index (χ0) is 17.5. The van der Waals surface area contributed by atoms with Crippen molar-refractivity contribution >= 4 is 34.8 Å². The van der Waals surface area contributed by atoms with Crippen molar-refractivity contribution in [2.24, 2.45) is 0 Å². The molecule has 3 heteroatoms. The summed E-state index contributed by atoms with van der Waals surface area (Å²) in [5.74, 6) is 2.35. The van der Waals surface area contributed by atoms with Gasteiger partial charge in [-0.1, -0.05) is 37.5 Å². The highest BCUT2D eigenvalue weighted by Gasteiger charge is 2.05. The number of benzene rings is 1. The Morgan fingerprint density at radius 1 is 0.500 bits per heavy atom. The molecule has 0 aliphatic heterocycles. The second-order valence-electron chi connectivity index (χ2n) is 6.60. The van der Waals surface area contributed by atoms with Gasteiger partial charge in [0, 0.05) is 17.6 Å². The third-order valence-electron chi connectivity index (χ3n) is 4.53. The van der Waals surface area contributed by atoms with Gasteiger partial charge in [0.25, 0.3) is 0 Å². The second-order valence-corrected chi connectivity index (χ2v) is 7.74. The van der Waals surface area contributed by atoms with Crippen LogP contribution >= 0.6 is 34.8 Å². The van der Waals surface area contributed by atoms with E-state index in [1.807, 2.05) is 0 Å². The van der Waals surface area contributed by atoms with Crippen LogP contribution in [0.2, 0.25) is 0 Å². The molecule has 0 aliphatic carbocycles. The van der Waals surface area contributed by atoms with Gasteiger partial charge in [0.2, 0.25) is 0 Å². The summed E-state index contributed by atoms with van der Waals surface area (Å²) < 4.78 is 0. The summed E-state index contributed by atoms with van der Waals surface area (Å²) in [4.78, 5) is 0. The molecule has 0 nitrogen and oxygen atoms in total. The minimum absolute atomic E-state index is 0.784. The van der Waals surface area contributed by atoms with Crippen LogP contribution in [-0.4, -0.2) is 17.6 Å². The Labute approximate surface area is 164 Å². The first-order valence-corrected chi connectivity index (χ1v) is 11.2. The van der Waals surface area contributed by atoms with Crippen LogP contribution < -0.4 is 0 Å². The monoisotopic (exact) mass is 390 g/mol. The molecule has 24 heavy (non-hydrogen) atoms. The first-order chi connectivity index (χ1) is 11.8. The lowest BCUT2D eigenvalue weighted by Crippen LogP contribution is -1.99. The molecule has 0 fully saturated rings. The van der Waals surface area contributed by atoms with Crippen LogP contribution in [0.1, 0.15) is 74.5 Å². The number of hydrogen-bond donors (Lipinski definition) is 0. The van der Waals surface area contributed by atoms with E-state index in [1.165, 1.54) is 63.4 Å². The zero-order valence-electron chi connectivity index (χ0n) is 15.0. The maximum absolute atomic E-state index is 5.80. The summed E-state index contributed by atoms with van der Waals surface area (Å²) in [5.41, 5.74) is 4.59. The lowest BCUT2D eigenvalue weighted by molar-refractivity contribution is 0.692. The van der Waals surface area contributed by atoms with Gasteiger partial charge in [-0.05, 0) is 74.5 Å². The zero-order valence-corrected chi connectivity index (χ0v) is 17.2. The molecule has 0 unspecified atom stereocenters. The van der Waals surface area contributed by atoms with Gasteiger partial charge >= 0.3 is 0 Å². The maximum Gasteiger partial charge on any atom is 0.0223 e. The lowest BCUT2D eigenvalue weighted by Gasteiger charge is -2.12. The van der Waals surface area contributed by atoms with Crippen LogP contribution in [0, 0.1) is 0 Å². The summed E-state index contributed by atoms with van der Waals surface area (Å²) in [6.45, 7) is 0. The Balaban J connectivity index is 2.58. The van der Waals surface area contributed by atoms with Crippen LogP contribution in [0.25, 0.3) is 0 Å². The van der Waals surface area contributed by atoms with E-state index in [1.54, 1.807) is 11.1 Å². The summed E-state index contributed by atoms with van der Waals surface area (Å²) >= 11 is 17.4. The van der Waals surface area contributed by atoms with Gasteiger partial charge in [0.1, 0.15) is 0 Å². The first kappa shape index (κ1) is 22.1. The highest BCUT2D eigenvalue weighted by atomic mass is 35.5. The predicted octanol–water partition coefficient (Wildman–Crippen LogP) is 7.54. The maximum atomic E-state index is 5.80. The van der Waals surface area contributed by atoms with Crippen molar-refractivity contribution in [3.63, 3.8) is 0 Å². The quantitative estimate of drug-likeness (QED) is 0.214. The van der Waals surface area contributed by atoms with Gasteiger partial charge < -0.3 is 0 Å². The molecular weight excluding hydrogens is 359 g/mol. The van der Waals surface area contributed by atoms with Gasteiger partial charge in [-0.25, -0.2) is 0 Å². The molecule has 0 radical (unpaired) electrons. The van der Waals surface area contributed by atoms with Crippen LogP contribution in [0.3, 0.4) is 0 Å². The molecule has 0 aliphatic rings. The molecule has 1 rings (SSSR count). The molecule has 138 valence electrons. The van der Waals surface area contributed by atoms with Crippen molar-refractivity contribution < 1.29 is 0 Å². The van der Waals surface area contributed by atoms with Crippen molar-refractivity contribution in [1.82, 2.24) is 0 Å². The predicted molar refractivity (Wildman–Crippen MR) is 111 cm³/mol. The normalized spacial score (nSPS) is 11.1. The van der Waals surface area contributed by atoms with Gasteiger partial charge in [-0.2, -0.15) is 0 Å². The van der Waals surface area contributed by atoms with Gasteiger partial charge in [-0.3, -0.25) is 0 Å². The molecular formula is C21H33Cl3. The molecule has 0 bridgehead atoms. The van der Waals surface area contributed by atoms with Crippen molar-refractivity contribution in [3.8, 4) is 0 Å². The molecule has 0 atom stereocenters. The molecule has 0 saturated heterocycles. The topological polar surface area (TPSA) is 0 Å². The van der Waals surface area contributed by atoms with Crippen LogP contribution in [0.15, 0.2) is 18.2 Å². The standard InChI is InChI=1S/C21H33Cl3/c22-15-7-1-4-10-19-13-14-20(11-5-2-8-16-23)21(18-19)12-6-3-9-17-24/h13-14,18H,1-12,15-17H2. The summed E-state index contributed by atoms with van der Waals surface area (Å²) in [5, 5.41) is 0. The van der Waals surface area contributed by atoms with Crippen molar-refractivity contribution in [1.29, 1.82) is 0 Å². The molecule has 1 aromatic rings. The van der Waals surface area contributed by atoms with Crippen LogP contribution in [0.4, 0.5) is 0 Å². The fourth-order valence-electron chi connectivity index (χ4n) is 3.09. The molecule has 0 N–H and O–H groups in total. The van der Waals surface area contributed by atoms with Crippen LogP contribution in [-0.2, 0) is 19.3 Å². The Morgan fingerprint density at radius 3 is 1.54 bits per heavy atom. The minimum Gasteiger partial charge on any atom is -0.127 e. The third-order valence-corrected chi connectivity index (χ3v) is 5.33. The van der Waals surface area contributed by atoms with Gasteiger partial charge in [-0.15, -0.1) is 34.8 Å². The lowest BCUT2D eigenvalue weighted by atomic mass is 9.93. The van der Waals surface area contributed by atoms with Crippen LogP contribution in [0.5, 0.6) is 0 Å². The fourth-order valence-corrected chi connectivity index (χ4v) is 3.65. The molecule has 0 heterocycles.